The highest BCUT2D eigenvalue weighted by Crippen LogP contribution is 2.49. The molecule has 0 unspecified atom stereocenters. The fraction of sp³-hybridized carbons (Fsp3) is 0.562. The quantitative estimate of drug-likeness (QED) is 0.873. The van der Waals surface area contributed by atoms with E-state index in [9.17, 15) is 9.90 Å². The summed E-state index contributed by atoms with van der Waals surface area (Å²) in [5, 5.41) is 9.53. The van der Waals surface area contributed by atoms with Crippen LogP contribution in [-0.2, 0) is 10.2 Å². The van der Waals surface area contributed by atoms with Crippen LogP contribution < -0.4 is 0 Å². The van der Waals surface area contributed by atoms with Crippen molar-refractivity contribution in [3.05, 3.63) is 35.4 Å². The number of hydrogen-bond acceptors (Lipinski definition) is 1. The Labute approximate surface area is 109 Å². The Balaban J connectivity index is 2.25. The van der Waals surface area contributed by atoms with Gasteiger partial charge in [-0.1, -0.05) is 51.5 Å². The largest absolute Gasteiger partial charge is 0.481 e. The number of carbonyl (C=O) groups is 1. The van der Waals surface area contributed by atoms with Gasteiger partial charge in [0.2, 0.25) is 0 Å². The van der Waals surface area contributed by atoms with Gasteiger partial charge in [-0.15, -0.1) is 0 Å². The molecule has 2 rings (SSSR count). The van der Waals surface area contributed by atoms with Crippen LogP contribution in [0.5, 0.6) is 0 Å². The molecule has 1 aromatic carbocycles. The molecule has 98 valence electrons. The summed E-state index contributed by atoms with van der Waals surface area (Å²) in [6.45, 7) is 6.44. The molecule has 0 spiro atoms. The summed E-state index contributed by atoms with van der Waals surface area (Å²) in [5.41, 5.74) is 1.63. The first-order valence-electron chi connectivity index (χ1n) is 6.83. The Hall–Kier alpha value is -1.31. The van der Waals surface area contributed by atoms with Crippen molar-refractivity contribution in [1.29, 1.82) is 0 Å². The minimum atomic E-state index is -0.663. The predicted octanol–water partition coefficient (Wildman–Crippen LogP) is 3.95. The van der Waals surface area contributed by atoms with E-state index in [0.717, 1.165) is 24.8 Å². The minimum absolute atomic E-state index is 0.490. The second-order valence-corrected chi connectivity index (χ2v) is 5.85. The summed E-state index contributed by atoms with van der Waals surface area (Å²) in [6, 6.07) is 8.17. The minimum Gasteiger partial charge on any atom is -0.481 e. The molecule has 0 radical (unpaired) electrons. The second-order valence-electron chi connectivity index (χ2n) is 5.85. The summed E-state index contributed by atoms with van der Waals surface area (Å²) in [5.74, 6) is 0.403. The van der Waals surface area contributed by atoms with Crippen molar-refractivity contribution in [2.75, 3.05) is 0 Å². The summed E-state index contributed by atoms with van der Waals surface area (Å²) in [4.78, 5) is 11.6. The van der Waals surface area contributed by atoms with Gasteiger partial charge in [-0.05, 0) is 35.8 Å². The van der Waals surface area contributed by atoms with Gasteiger partial charge in [0.1, 0.15) is 0 Å². The highest BCUT2D eigenvalue weighted by Gasteiger charge is 2.50. The van der Waals surface area contributed by atoms with E-state index in [2.05, 4.69) is 32.9 Å². The molecule has 0 atom stereocenters. The van der Waals surface area contributed by atoms with Gasteiger partial charge in [0.15, 0.2) is 0 Å². The Morgan fingerprint density at radius 3 is 2.28 bits per heavy atom. The number of carboxylic acids is 1. The third-order valence-electron chi connectivity index (χ3n) is 4.39. The van der Waals surface area contributed by atoms with E-state index in [-0.39, 0.29) is 0 Å². The lowest BCUT2D eigenvalue weighted by atomic mass is 9.58. The van der Waals surface area contributed by atoms with Crippen LogP contribution in [0.15, 0.2) is 24.3 Å². The van der Waals surface area contributed by atoms with Gasteiger partial charge < -0.3 is 5.11 Å². The van der Waals surface area contributed by atoms with E-state index >= 15 is 0 Å². The van der Waals surface area contributed by atoms with Crippen molar-refractivity contribution >= 4 is 5.97 Å². The first kappa shape index (κ1) is 13.1. The first-order chi connectivity index (χ1) is 8.49. The van der Waals surface area contributed by atoms with Crippen LogP contribution >= 0.6 is 0 Å². The fourth-order valence-electron chi connectivity index (χ4n) is 2.94. The lowest BCUT2D eigenvalue weighted by Crippen LogP contribution is -2.47. The first-order valence-corrected chi connectivity index (χ1v) is 6.83. The zero-order chi connectivity index (χ0) is 13.3. The van der Waals surface area contributed by atoms with Gasteiger partial charge >= 0.3 is 5.97 Å². The molecule has 2 nitrogen and oxygen atoms in total. The fourth-order valence-corrected chi connectivity index (χ4v) is 2.94. The maximum absolute atomic E-state index is 11.6. The van der Waals surface area contributed by atoms with Gasteiger partial charge in [-0.3, -0.25) is 4.79 Å². The van der Waals surface area contributed by atoms with Crippen LogP contribution in [0.3, 0.4) is 0 Å². The molecule has 1 aliphatic carbocycles. The molecule has 1 N–H and O–H groups in total. The molecule has 0 aromatic heterocycles. The Kier molecular flexibility index (Phi) is 3.47. The van der Waals surface area contributed by atoms with Crippen molar-refractivity contribution in [1.82, 2.24) is 0 Å². The molecular formula is C16H22O2. The molecule has 0 bridgehead atoms. The van der Waals surface area contributed by atoms with Crippen molar-refractivity contribution in [3.8, 4) is 0 Å². The second kappa shape index (κ2) is 4.75. The summed E-state index contributed by atoms with van der Waals surface area (Å²) in [7, 11) is 0. The topological polar surface area (TPSA) is 37.3 Å². The van der Waals surface area contributed by atoms with E-state index < -0.39 is 11.4 Å². The number of rotatable bonds is 4. The monoisotopic (exact) mass is 246 g/mol. The molecule has 1 fully saturated rings. The Bertz CT molecular complexity index is 425. The molecular weight excluding hydrogens is 224 g/mol. The highest BCUT2D eigenvalue weighted by atomic mass is 16.4. The zero-order valence-corrected chi connectivity index (χ0v) is 11.4. The van der Waals surface area contributed by atoms with Gasteiger partial charge in [0.25, 0.3) is 0 Å². The molecule has 18 heavy (non-hydrogen) atoms. The molecule has 0 heterocycles. The van der Waals surface area contributed by atoms with Gasteiger partial charge in [-0.25, -0.2) is 0 Å². The van der Waals surface area contributed by atoms with Gasteiger partial charge in [0.05, 0.1) is 5.41 Å². The third kappa shape index (κ3) is 2.05. The smallest absolute Gasteiger partial charge is 0.314 e. The Morgan fingerprint density at radius 1 is 1.33 bits per heavy atom. The SMILES string of the molecule is CCC1CC(C(=O)O)(c2ccc(C(C)C)cc2)C1. The average molecular weight is 246 g/mol. The number of benzene rings is 1. The van der Waals surface area contributed by atoms with Crippen molar-refractivity contribution in [2.45, 2.75) is 51.4 Å². The maximum atomic E-state index is 11.6. The van der Waals surface area contributed by atoms with E-state index in [1.54, 1.807) is 0 Å². The maximum Gasteiger partial charge on any atom is 0.314 e. The van der Waals surface area contributed by atoms with Crippen LogP contribution in [-0.4, -0.2) is 11.1 Å². The number of carboxylic acid groups (broad SMARTS) is 1. The molecule has 0 aliphatic heterocycles. The van der Waals surface area contributed by atoms with E-state index in [4.69, 9.17) is 0 Å². The molecule has 2 heteroatoms. The zero-order valence-electron chi connectivity index (χ0n) is 11.4. The van der Waals surface area contributed by atoms with Crippen molar-refractivity contribution < 1.29 is 9.90 Å². The average Bonchev–Trinajstić information content (AvgIpc) is 2.28. The lowest BCUT2D eigenvalue weighted by Gasteiger charge is -2.44. The number of aliphatic carboxylic acids is 1. The third-order valence-corrected chi connectivity index (χ3v) is 4.39. The van der Waals surface area contributed by atoms with E-state index in [1.165, 1.54) is 5.56 Å². The van der Waals surface area contributed by atoms with Gasteiger partial charge in [0, 0.05) is 0 Å². The Morgan fingerprint density at radius 2 is 1.89 bits per heavy atom. The summed E-state index contributed by atoms with van der Waals surface area (Å²) in [6.07, 6.45) is 2.67. The van der Waals surface area contributed by atoms with Crippen LogP contribution in [0.2, 0.25) is 0 Å². The predicted molar refractivity (Wildman–Crippen MR) is 72.9 cm³/mol. The standard InChI is InChI=1S/C16H22O2/c1-4-12-9-16(10-12,15(17)18)14-7-5-13(6-8-14)11(2)3/h5-8,11-12H,4,9-10H2,1-3H3,(H,17,18). The summed E-state index contributed by atoms with van der Waals surface area (Å²) >= 11 is 0. The van der Waals surface area contributed by atoms with E-state index in [1.807, 2.05) is 12.1 Å². The molecule has 0 saturated heterocycles. The van der Waals surface area contributed by atoms with Crippen molar-refractivity contribution in [2.24, 2.45) is 5.92 Å². The summed E-state index contributed by atoms with van der Waals surface area (Å²) < 4.78 is 0. The highest BCUT2D eigenvalue weighted by molar-refractivity contribution is 5.82. The molecule has 1 aromatic rings. The van der Waals surface area contributed by atoms with Crippen LogP contribution in [0.25, 0.3) is 0 Å². The normalized spacial score (nSPS) is 27.0. The van der Waals surface area contributed by atoms with Crippen molar-refractivity contribution in [3.63, 3.8) is 0 Å². The van der Waals surface area contributed by atoms with Gasteiger partial charge in [-0.2, -0.15) is 0 Å². The van der Waals surface area contributed by atoms with Crippen LogP contribution in [0, 0.1) is 5.92 Å². The molecule has 1 aliphatic rings. The van der Waals surface area contributed by atoms with Crippen LogP contribution in [0.4, 0.5) is 0 Å². The number of hydrogen-bond donors (Lipinski definition) is 1. The molecule has 0 amide bonds. The van der Waals surface area contributed by atoms with Crippen LogP contribution in [0.1, 0.15) is 57.1 Å². The van der Waals surface area contributed by atoms with E-state index in [0.29, 0.717) is 11.8 Å². The molecule has 1 saturated carbocycles. The lowest BCUT2D eigenvalue weighted by molar-refractivity contribution is -0.149.